The van der Waals surface area contributed by atoms with Crippen LogP contribution in [0.1, 0.15) is 26.7 Å². The van der Waals surface area contributed by atoms with Gasteiger partial charge in [0.05, 0.1) is 17.8 Å². The molecule has 0 saturated carbocycles. The number of aromatic nitrogens is 1. The van der Waals surface area contributed by atoms with Crippen molar-refractivity contribution in [2.45, 2.75) is 32.2 Å². The summed E-state index contributed by atoms with van der Waals surface area (Å²) in [5.41, 5.74) is 7.33. The van der Waals surface area contributed by atoms with E-state index in [1.165, 1.54) is 0 Å². The molecular formula is C13H19N3O2. The van der Waals surface area contributed by atoms with Gasteiger partial charge >= 0.3 is 0 Å². The van der Waals surface area contributed by atoms with E-state index in [0.717, 1.165) is 12.8 Å². The van der Waals surface area contributed by atoms with Crippen molar-refractivity contribution in [3.8, 4) is 0 Å². The molecule has 0 fully saturated rings. The molecular weight excluding hydrogens is 230 g/mol. The second-order valence-corrected chi connectivity index (χ2v) is 4.48. The topological polar surface area (TPSA) is 84.3 Å². The summed E-state index contributed by atoms with van der Waals surface area (Å²) in [6, 6.07) is 5.84. The van der Waals surface area contributed by atoms with Gasteiger partial charge in [0, 0.05) is 0 Å². The molecule has 0 amide bonds. The summed E-state index contributed by atoms with van der Waals surface area (Å²) in [4.78, 5) is 4.33. The highest BCUT2D eigenvalue weighted by Gasteiger charge is 2.27. The van der Waals surface area contributed by atoms with Gasteiger partial charge < -0.3 is 20.6 Å². The number of oxazole rings is 1. The number of fused-ring (bicyclic) bond motifs is 1. The van der Waals surface area contributed by atoms with Gasteiger partial charge in [0.2, 0.25) is 0 Å². The second kappa shape index (κ2) is 4.86. The van der Waals surface area contributed by atoms with Crippen LogP contribution in [0.4, 0.5) is 11.7 Å². The number of nitrogens with one attached hydrogen (secondary N) is 1. The molecule has 0 atom stereocenters. The van der Waals surface area contributed by atoms with Crippen LogP contribution in [0.2, 0.25) is 0 Å². The highest BCUT2D eigenvalue weighted by molar-refractivity contribution is 5.86. The molecule has 1 heterocycles. The van der Waals surface area contributed by atoms with E-state index in [0.29, 0.717) is 22.8 Å². The molecule has 1 aromatic heterocycles. The van der Waals surface area contributed by atoms with E-state index in [9.17, 15) is 5.11 Å². The third kappa shape index (κ3) is 2.13. The maximum absolute atomic E-state index is 9.51. The lowest BCUT2D eigenvalue weighted by molar-refractivity contribution is 0.200. The van der Waals surface area contributed by atoms with E-state index in [1.54, 1.807) is 6.07 Å². The Morgan fingerprint density at radius 3 is 2.67 bits per heavy atom. The Bertz CT molecular complexity index is 524. The molecule has 0 unspecified atom stereocenters. The molecule has 1 aromatic carbocycles. The Labute approximate surface area is 106 Å². The first-order valence-corrected chi connectivity index (χ1v) is 6.18. The third-order valence-corrected chi connectivity index (χ3v) is 3.48. The quantitative estimate of drug-likeness (QED) is 0.708. The maximum atomic E-state index is 9.51. The van der Waals surface area contributed by atoms with Gasteiger partial charge in [-0.2, -0.15) is 4.98 Å². The predicted octanol–water partition coefficient (Wildman–Crippen LogP) is 2.37. The average Bonchev–Trinajstić information content (AvgIpc) is 2.80. The van der Waals surface area contributed by atoms with E-state index < -0.39 is 5.54 Å². The predicted molar refractivity (Wildman–Crippen MR) is 72.4 cm³/mol. The number of hydrogen-bond acceptors (Lipinski definition) is 5. The van der Waals surface area contributed by atoms with Crippen LogP contribution in [0.15, 0.2) is 22.6 Å². The highest BCUT2D eigenvalue weighted by Crippen LogP contribution is 2.27. The minimum absolute atomic E-state index is 0.0359. The number of hydrogen-bond donors (Lipinski definition) is 3. The Hall–Kier alpha value is -1.75. The van der Waals surface area contributed by atoms with E-state index >= 15 is 0 Å². The Kier molecular flexibility index (Phi) is 3.43. The lowest BCUT2D eigenvalue weighted by Crippen LogP contribution is -2.40. The molecule has 2 rings (SSSR count). The zero-order chi connectivity index (χ0) is 13.2. The molecule has 0 radical (unpaired) electrons. The highest BCUT2D eigenvalue weighted by atomic mass is 16.4. The zero-order valence-electron chi connectivity index (χ0n) is 10.7. The summed E-state index contributed by atoms with van der Waals surface area (Å²) in [7, 11) is 0. The van der Waals surface area contributed by atoms with Crippen LogP contribution < -0.4 is 11.1 Å². The second-order valence-electron chi connectivity index (χ2n) is 4.48. The Balaban J connectivity index is 2.34. The van der Waals surface area contributed by atoms with Crippen LogP contribution >= 0.6 is 0 Å². The number of nitrogen functional groups attached to an aromatic ring is 1. The molecule has 0 bridgehead atoms. The molecule has 0 saturated heterocycles. The van der Waals surface area contributed by atoms with Gasteiger partial charge in [0.15, 0.2) is 5.58 Å². The van der Waals surface area contributed by atoms with Crippen LogP contribution in [0.25, 0.3) is 11.1 Å². The summed E-state index contributed by atoms with van der Waals surface area (Å²) in [6.07, 6.45) is 1.57. The van der Waals surface area contributed by atoms with E-state index in [4.69, 9.17) is 10.2 Å². The van der Waals surface area contributed by atoms with Crippen molar-refractivity contribution in [2.24, 2.45) is 0 Å². The lowest BCUT2D eigenvalue weighted by atomic mass is 9.94. The number of rotatable bonds is 5. The van der Waals surface area contributed by atoms with Crippen LogP contribution in [0.5, 0.6) is 0 Å². The Morgan fingerprint density at radius 1 is 1.39 bits per heavy atom. The number of nitrogens with zero attached hydrogens (tertiary/aromatic N) is 1. The van der Waals surface area contributed by atoms with Crippen molar-refractivity contribution in [1.82, 2.24) is 4.98 Å². The average molecular weight is 249 g/mol. The summed E-state index contributed by atoms with van der Waals surface area (Å²) >= 11 is 0. The monoisotopic (exact) mass is 249 g/mol. The van der Waals surface area contributed by atoms with Gasteiger partial charge in [-0.15, -0.1) is 0 Å². The summed E-state index contributed by atoms with van der Waals surface area (Å²) in [5, 5.41) is 12.7. The molecule has 0 spiro atoms. The van der Waals surface area contributed by atoms with Crippen molar-refractivity contribution in [3.05, 3.63) is 18.2 Å². The first-order valence-electron chi connectivity index (χ1n) is 6.18. The van der Waals surface area contributed by atoms with E-state index in [-0.39, 0.29) is 6.61 Å². The van der Waals surface area contributed by atoms with Gasteiger partial charge in [0.25, 0.3) is 6.01 Å². The van der Waals surface area contributed by atoms with Gasteiger partial charge in [-0.3, -0.25) is 0 Å². The number of benzene rings is 1. The largest absolute Gasteiger partial charge is 0.423 e. The Morgan fingerprint density at radius 2 is 2.11 bits per heavy atom. The van der Waals surface area contributed by atoms with Crippen molar-refractivity contribution in [3.63, 3.8) is 0 Å². The SMILES string of the molecule is CCC(CC)(CO)Nc1nc2c(N)cccc2o1. The molecule has 5 nitrogen and oxygen atoms in total. The van der Waals surface area contributed by atoms with Crippen LogP contribution in [-0.2, 0) is 0 Å². The molecule has 4 N–H and O–H groups in total. The third-order valence-electron chi connectivity index (χ3n) is 3.48. The molecule has 18 heavy (non-hydrogen) atoms. The first-order chi connectivity index (χ1) is 8.64. The number of aliphatic hydroxyl groups excluding tert-OH is 1. The standard InChI is InChI=1S/C13H19N3O2/c1-3-13(4-2,8-17)16-12-15-11-9(14)6-5-7-10(11)18-12/h5-7,17H,3-4,8,14H2,1-2H3,(H,15,16). The fourth-order valence-corrected chi connectivity index (χ4v) is 1.94. The van der Waals surface area contributed by atoms with Gasteiger partial charge in [0.1, 0.15) is 5.52 Å². The summed E-state index contributed by atoms with van der Waals surface area (Å²) in [5.74, 6) is 0. The number of nitrogens with two attached hydrogens (primary N) is 1. The molecule has 0 aliphatic rings. The van der Waals surface area contributed by atoms with Gasteiger partial charge in [-0.25, -0.2) is 0 Å². The number of aliphatic hydroxyl groups is 1. The smallest absolute Gasteiger partial charge is 0.296 e. The fourth-order valence-electron chi connectivity index (χ4n) is 1.94. The van der Waals surface area contributed by atoms with Crippen molar-refractivity contribution in [2.75, 3.05) is 17.7 Å². The lowest BCUT2D eigenvalue weighted by Gasteiger charge is -2.29. The summed E-state index contributed by atoms with van der Waals surface area (Å²) in [6.45, 7) is 4.07. The van der Waals surface area contributed by atoms with Crippen LogP contribution in [-0.4, -0.2) is 22.2 Å². The molecule has 2 aromatic rings. The zero-order valence-corrected chi connectivity index (χ0v) is 10.7. The van der Waals surface area contributed by atoms with Crippen LogP contribution in [0.3, 0.4) is 0 Å². The summed E-state index contributed by atoms with van der Waals surface area (Å²) < 4.78 is 5.60. The molecule has 98 valence electrons. The van der Waals surface area contributed by atoms with Crippen LogP contribution in [0, 0.1) is 0 Å². The molecule has 0 aliphatic heterocycles. The molecule has 5 heteroatoms. The van der Waals surface area contributed by atoms with Gasteiger partial charge in [-0.05, 0) is 25.0 Å². The van der Waals surface area contributed by atoms with E-state index in [2.05, 4.69) is 10.3 Å². The van der Waals surface area contributed by atoms with E-state index in [1.807, 2.05) is 26.0 Å². The number of para-hydroxylation sites is 1. The van der Waals surface area contributed by atoms with Crippen molar-refractivity contribution in [1.29, 1.82) is 0 Å². The normalized spacial score (nSPS) is 11.9. The first kappa shape index (κ1) is 12.7. The van der Waals surface area contributed by atoms with Crippen molar-refractivity contribution < 1.29 is 9.52 Å². The van der Waals surface area contributed by atoms with Gasteiger partial charge in [-0.1, -0.05) is 19.9 Å². The van der Waals surface area contributed by atoms with Crippen molar-refractivity contribution >= 4 is 22.8 Å². The maximum Gasteiger partial charge on any atom is 0.296 e. The minimum atomic E-state index is -0.393. The fraction of sp³-hybridized carbons (Fsp3) is 0.462. The minimum Gasteiger partial charge on any atom is -0.423 e. The number of anilines is 2. The molecule has 0 aliphatic carbocycles.